The van der Waals surface area contributed by atoms with Crippen LogP contribution in [0.1, 0.15) is 17.7 Å². The van der Waals surface area contributed by atoms with Crippen LogP contribution in [0, 0.1) is 6.92 Å². The third kappa shape index (κ3) is 6.99. The van der Waals surface area contributed by atoms with Crippen molar-refractivity contribution in [2.75, 3.05) is 25.6 Å². The molecule has 0 aliphatic heterocycles. The third-order valence-corrected chi connectivity index (χ3v) is 4.73. The van der Waals surface area contributed by atoms with Crippen LogP contribution in [0.4, 0.5) is 24.8 Å². The van der Waals surface area contributed by atoms with Crippen LogP contribution in [-0.2, 0) is 22.3 Å². The van der Waals surface area contributed by atoms with Gasteiger partial charge in [-0.15, -0.1) is 0 Å². The molecule has 0 bridgehead atoms. The highest BCUT2D eigenvalue weighted by Gasteiger charge is 2.32. The lowest BCUT2D eigenvalue weighted by Gasteiger charge is -2.11. The van der Waals surface area contributed by atoms with Crippen LogP contribution in [0.5, 0.6) is 0 Å². The Morgan fingerprint density at radius 3 is 2.79 bits per heavy atom. The summed E-state index contributed by atoms with van der Waals surface area (Å²) in [5.41, 5.74) is 1.73. The number of hydrogen-bond acceptors (Lipinski definition) is 7. The van der Waals surface area contributed by atoms with Gasteiger partial charge in [0.05, 0.1) is 12.7 Å². The lowest BCUT2D eigenvalue weighted by molar-refractivity contribution is -0.141. The van der Waals surface area contributed by atoms with Crippen molar-refractivity contribution in [1.29, 1.82) is 0 Å². The maximum absolute atomic E-state index is 12.9. The Labute approximate surface area is 194 Å². The summed E-state index contributed by atoms with van der Waals surface area (Å²) >= 11 is 0. The number of hydrogen-bond donors (Lipinski definition) is 3. The number of rotatable bonds is 10. The lowest BCUT2D eigenvalue weighted by Crippen LogP contribution is -2.38. The van der Waals surface area contributed by atoms with Crippen molar-refractivity contribution in [2.45, 2.75) is 32.2 Å². The molecule has 3 N–H and O–H groups in total. The Kier molecular flexibility index (Phi) is 8.18. The maximum Gasteiger partial charge on any atom is 0.433 e. The summed E-state index contributed by atoms with van der Waals surface area (Å²) in [6.07, 6.45) is -0.933. The topological polar surface area (TPSA) is 114 Å². The molecule has 0 saturated heterocycles. The largest absolute Gasteiger partial charge is 0.433 e. The number of methoxy groups -OCH3 is 1. The number of aromatic nitrogens is 4. The van der Waals surface area contributed by atoms with Crippen molar-refractivity contribution in [1.82, 2.24) is 25.1 Å². The highest BCUT2D eigenvalue weighted by Crippen LogP contribution is 2.29. The molecule has 3 rings (SSSR count). The predicted octanol–water partition coefficient (Wildman–Crippen LogP) is 2.92. The molecule has 9 nitrogen and oxygen atoms in total. The molecule has 182 valence electrons. The first-order chi connectivity index (χ1) is 16.2. The van der Waals surface area contributed by atoms with Gasteiger partial charge in [0.25, 0.3) is 5.91 Å². The van der Waals surface area contributed by atoms with E-state index in [2.05, 4.69) is 25.7 Å². The summed E-state index contributed by atoms with van der Waals surface area (Å²) in [4.78, 5) is 19.4. The zero-order valence-electron chi connectivity index (χ0n) is 18.6. The predicted molar refractivity (Wildman–Crippen MR) is 118 cm³/mol. The number of nitrogens with one attached hydrogen (secondary N) is 2. The van der Waals surface area contributed by atoms with Crippen molar-refractivity contribution in [3.63, 3.8) is 0 Å². The standard InChI is InChI=1S/C22H25F3N6O3/c1-14-8-15(10-17(9-14)29-21-27-6-4-19(30-21)22(23,24)25)16-11-28-31(12-16)13-18(32)20(33)26-5-3-7-34-2/h4,6,8-12,18,32H,3,5,7,13H2,1-2H3,(H,26,33)(H,27,29,30)/t18-/m0/s1. The SMILES string of the molecule is COCCCNC(=O)[C@@H](O)Cn1cc(-c2cc(C)cc(Nc3nccc(C(F)(F)F)n3)c2)cn1. The highest BCUT2D eigenvalue weighted by molar-refractivity contribution is 5.80. The van der Waals surface area contributed by atoms with Crippen LogP contribution in [0.2, 0.25) is 0 Å². The minimum atomic E-state index is -4.57. The normalized spacial score (nSPS) is 12.4. The van der Waals surface area contributed by atoms with E-state index in [-0.39, 0.29) is 12.5 Å². The molecule has 0 unspecified atom stereocenters. The molecule has 1 amide bonds. The fraction of sp³-hybridized carbons (Fsp3) is 0.364. The minimum Gasteiger partial charge on any atom is -0.385 e. The van der Waals surface area contributed by atoms with Gasteiger partial charge in [0, 0.05) is 43.9 Å². The number of nitrogens with zero attached hydrogens (tertiary/aromatic N) is 4. The van der Waals surface area contributed by atoms with E-state index in [1.165, 1.54) is 4.68 Å². The van der Waals surface area contributed by atoms with Crippen LogP contribution < -0.4 is 10.6 Å². The number of anilines is 2. The molecule has 1 aromatic carbocycles. The molecule has 1 atom stereocenters. The van der Waals surface area contributed by atoms with E-state index in [9.17, 15) is 23.1 Å². The zero-order valence-corrected chi connectivity index (χ0v) is 18.6. The molecular weight excluding hydrogens is 453 g/mol. The number of ether oxygens (including phenoxy) is 1. The summed E-state index contributed by atoms with van der Waals surface area (Å²) < 4.78 is 45.1. The Morgan fingerprint density at radius 1 is 1.26 bits per heavy atom. The second kappa shape index (κ2) is 11.1. The number of amides is 1. The fourth-order valence-corrected chi connectivity index (χ4v) is 3.15. The Balaban J connectivity index is 1.69. The second-order valence-electron chi connectivity index (χ2n) is 7.58. The van der Waals surface area contributed by atoms with E-state index in [4.69, 9.17) is 4.74 Å². The van der Waals surface area contributed by atoms with Crippen molar-refractivity contribution in [3.05, 3.63) is 54.1 Å². The summed E-state index contributed by atoms with van der Waals surface area (Å²) in [6.45, 7) is 2.70. The summed E-state index contributed by atoms with van der Waals surface area (Å²) in [5, 5.41) is 19.7. The minimum absolute atomic E-state index is 0.0366. The van der Waals surface area contributed by atoms with Gasteiger partial charge >= 0.3 is 6.18 Å². The number of aliphatic hydroxyl groups excluding tert-OH is 1. The number of benzene rings is 1. The molecule has 0 aliphatic carbocycles. The molecule has 0 aliphatic rings. The van der Waals surface area contributed by atoms with Gasteiger partial charge in [-0.3, -0.25) is 9.48 Å². The first-order valence-electron chi connectivity index (χ1n) is 10.4. The Bertz CT molecular complexity index is 1120. The molecular formula is C22H25F3N6O3. The summed E-state index contributed by atoms with van der Waals surface area (Å²) in [7, 11) is 1.57. The average molecular weight is 478 g/mol. The number of carbonyl (C=O) groups is 1. The van der Waals surface area contributed by atoms with Crippen LogP contribution >= 0.6 is 0 Å². The van der Waals surface area contributed by atoms with Crippen LogP contribution in [0.15, 0.2) is 42.9 Å². The van der Waals surface area contributed by atoms with Crippen molar-refractivity contribution in [2.24, 2.45) is 0 Å². The summed E-state index contributed by atoms with van der Waals surface area (Å²) in [6, 6.07) is 6.14. The van der Waals surface area contributed by atoms with E-state index in [0.717, 1.165) is 23.4 Å². The third-order valence-electron chi connectivity index (χ3n) is 4.73. The number of alkyl halides is 3. The van der Waals surface area contributed by atoms with E-state index >= 15 is 0 Å². The molecule has 0 fully saturated rings. The Morgan fingerprint density at radius 2 is 2.06 bits per heavy atom. The molecule has 34 heavy (non-hydrogen) atoms. The van der Waals surface area contributed by atoms with Gasteiger partial charge in [-0.1, -0.05) is 6.07 Å². The van der Waals surface area contributed by atoms with E-state index in [1.807, 2.05) is 13.0 Å². The molecule has 0 radical (unpaired) electrons. The number of halogens is 3. The average Bonchev–Trinajstić information content (AvgIpc) is 3.24. The molecule has 0 spiro atoms. The number of aliphatic hydroxyl groups is 1. The molecule has 2 aromatic heterocycles. The molecule has 12 heteroatoms. The van der Waals surface area contributed by atoms with Gasteiger partial charge < -0.3 is 20.5 Å². The zero-order chi connectivity index (χ0) is 24.7. The molecule has 3 aromatic rings. The van der Waals surface area contributed by atoms with Gasteiger partial charge in [-0.25, -0.2) is 9.97 Å². The van der Waals surface area contributed by atoms with Crippen LogP contribution in [0.3, 0.4) is 0 Å². The second-order valence-corrected chi connectivity index (χ2v) is 7.58. The monoisotopic (exact) mass is 478 g/mol. The first-order valence-corrected chi connectivity index (χ1v) is 10.4. The first kappa shape index (κ1) is 25.1. The maximum atomic E-state index is 12.9. The van der Waals surface area contributed by atoms with E-state index < -0.39 is 23.9 Å². The van der Waals surface area contributed by atoms with Gasteiger partial charge in [-0.2, -0.15) is 18.3 Å². The molecule has 2 heterocycles. The van der Waals surface area contributed by atoms with Crippen molar-refractivity contribution < 1.29 is 27.8 Å². The smallest absolute Gasteiger partial charge is 0.385 e. The van der Waals surface area contributed by atoms with E-state index in [0.29, 0.717) is 30.8 Å². The van der Waals surface area contributed by atoms with Crippen molar-refractivity contribution in [3.8, 4) is 11.1 Å². The fourth-order valence-electron chi connectivity index (χ4n) is 3.15. The van der Waals surface area contributed by atoms with Gasteiger partial charge in [0.2, 0.25) is 5.95 Å². The number of carbonyl (C=O) groups excluding carboxylic acids is 1. The van der Waals surface area contributed by atoms with Gasteiger partial charge in [-0.05, 0) is 42.7 Å². The van der Waals surface area contributed by atoms with Gasteiger partial charge in [0.15, 0.2) is 6.10 Å². The van der Waals surface area contributed by atoms with Crippen molar-refractivity contribution >= 4 is 17.5 Å². The van der Waals surface area contributed by atoms with E-state index in [1.54, 1.807) is 31.6 Å². The quantitative estimate of drug-likeness (QED) is 0.384. The summed E-state index contributed by atoms with van der Waals surface area (Å²) in [5.74, 6) is -0.682. The molecule has 0 saturated carbocycles. The van der Waals surface area contributed by atoms with Gasteiger partial charge in [0.1, 0.15) is 5.69 Å². The number of aryl methyl sites for hydroxylation is 1. The van der Waals surface area contributed by atoms with Crippen LogP contribution in [-0.4, -0.2) is 57.1 Å². The lowest BCUT2D eigenvalue weighted by atomic mass is 10.1. The Hall–Kier alpha value is -3.51. The van der Waals surface area contributed by atoms with Crippen LogP contribution in [0.25, 0.3) is 11.1 Å². The highest BCUT2D eigenvalue weighted by atomic mass is 19.4.